The van der Waals surface area contributed by atoms with Crippen LogP contribution in [0.5, 0.6) is 0 Å². The van der Waals surface area contributed by atoms with Gasteiger partial charge in [0.2, 0.25) is 0 Å². The van der Waals surface area contributed by atoms with E-state index >= 15 is 0 Å². The van der Waals surface area contributed by atoms with Crippen molar-refractivity contribution in [1.29, 1.82) is 0 Å². The molecule has 0 bridgehead atoms. The van der Waals surface area contributed by atoms with E-state index in [1.54, 1.807) is 36.7 Å². The van der Waals surface area contributed by atoms with E-state index in [1.807, 2.05) is 61.5 Å². The van der Waals surface area contributed by atoms with E-state index < -0.39 is 27.8 Å². The van der Waals surface area contributed by atoms with Crippen LogP contribution >= 0.6 is 0 Å². The predicted octanol–water partition coefficient (Wildman–Crippen LogP) is 5.58. The van der Waals surface area contributed by atoms with E-state index in [2.05, 4.69) is 10.3 Å². The highest BCUT2D eigenvalue weighted by Gasteiger charge is 2.44. The maximum atomic E-state index is 14.2. The lowest BCUT2D eigenvalue weighted by Crippen LogP contribution is -2.42. The zero-order chi connectivity index (χ0) is 29.1. The Morgan fingerprint density at radius 2 is 1.85 bits per heavy atom. The molecule has 1 aliphatic rings. The number of aliphatic hydroxyl groups is 1. The molecule has 4 aromatic rings. The van der Waals surface area contributed by atoms with Gasteiger partial charge in [0.25, 0.3) is 5.91 Å². The highest BCUT2D eigenvalue weighted by atomic mass is 32.2. The first-order valence-electron chi connectivity index (χ1n) is 13.5. The fourth-order valence-electron chi connectivity index (χ4n) is 5.09. The summed E-state index contributed by atoms with van der Waals surface area (Å²) in [4.78, 5) is 22.4. The van der Waals surface area contributed by atoms with Gasteiger partial charge < -0.3 is 15.0 Å². The summed E-state index contributed by atoms with van der Waals surface area (Å²) in [5, 5.41) is 12.8. The Hall–Kier alpha value is -3.63. The first-order valence-corrected chi connectivity index (χ1v) is 14.6. The highest BCUT2D eigenvalue weighted by Crippen LogP contribution is 2.45. The first-order chi connectivity index (χ1) is 19.7. The molecule has 1 amide bonds. The molecule has 0 saturated carbocycles. The van der Waals surface area contributed by atoms with Crippen LogP contribution in [0.2, 0.25) is 0 Å². The summed E-state index contributed by atoms with van der Waals surface area (Å²) in [7, 11) is 0. The number of fused-ring (bicyclic) bond motifs is 1. The molecular weight excluding hydrogens is 539 g/mol. The van der Waals surface area contributed by atoms with Crippen LogP contribution in [0.15, 0.2) is 79.1 Å². The predicted molar refractivity (Wildman–Crippen MR) is 158 cm³/mol. The van der Waals surface area contributed by atoms with E-state index in [9.17, 15) is 18.8 Å². The number of benzene rings is 2. The molecule has 2 aromatic heterocycles. The fraction of sp³-hybridized carbons (Fsp3) is 0.281. The third-order valence-corrected chi connectivity index (χ3v) is 8.91. The topological polar surface area (TPSA) is 101 Å². The molecule has 0 radical (unpaired) electrons. The van der Waals surface area contributed by atoms with E-state index in [-0.39, 0.29) is 24.9 Å². The number of hydrogen-bond donors (Lipinski definition) is 2. The van der Waals surface area contributed by atoms with Crippen LogP contribution in [0.3, 0.4) is 0 Å². The Labute approximate surface area is 242 Å². The summed E-state index contributed by atoms with van der Waals surface area (Å²) < 4.78 is 29.2. The number of amides is 1. The first kappa shape index (κ1) is 28.9. The average Bonchev–Trinajstić information content (AvgIpc) is 3.34. The van der Waals surface area contributed by atoms with Crippen molar-refractivity contribution in [3.05, 3.63) is 107 Å². The summed E-state index contributed by atoms with van der Waals surface area (Å²) >= 11 is -1.37. The molecular formula is C32H33FN4O3S. The zero-order valence-corrected chi connectivity index (χ0v) is 24.1. The lowest BCUT2D eigenvalue weighted by atomic mass is 9.94. The van der Waals surface area contributed by atoms with Crippen molar-refractivity contribution in [2.24, 2.45) is 0 Å². The summed E-state index contributed by atoms with van der Waals surface area (Å²) in [6, 6.07) is 19.4. The highest BCUT2D eigenvalue weighted by molar-refractivity contribution is 7.90. The molecule has 2 atom stereocenters. The molecule has 2 aromatic carbocycles. The number of hydrogen-bond acceptors (Lipinski definition) is 6. The Kier molecular flexibility index (Phi) is 8.51. The van der Waals surface area contributed by atoms with Crippen molar-refractivity contribution in [2.45, 2.75) is 51.1 Å². The van der Waals surface area contributed by atoms with Gasteiger partial charge in [-0.3, -0.25) is 9.78 Å². The minimum Gasteiger partial charge on any atom is -0.597 e. The summed E-state index contributed by atoms with van der Waals surface area (Å²) in [5.74, 6) is -0.829. The molecule has 212 valence electrons. The number of aliphatic hydroxyl groups excluding tert-OH is 1. The number of carbonyl (C=O) groups is 1. The molecule has 2 N–H and O–H groups in total. The molecule has 0 unspecified atom stereocenters. The van der Waals surface area contributed by atoms with Crippen LogP contribution in [0, 0.1) is 5.82 Å². The number of aromatic nitrogens is 2. The van der Waals surface area contributed by atoms with E-state index in [4.69, 9.17) is 4.98 Å². The van der Waals surface area contributed by atoms with Crippen molar-refractivity contribution in [2.75, 3.05) is 6.61 Å². The second kappa shape index (κ2) is 12.1. The lowest BCUT2D eigenvalue weighted by molar-refractivity contribution is 0.0945. The van der Waals surface area contributed by atoms with Crippen molar-refractivity contribution >= 4 is 17.3 Å². The molecule has 3 heterocycles. The van der Waals surface area contributed by atoms with Crippen molar-refractivity contribution in [3.8, 4) is 22.4 Å². The second-order valence-corrected chi connectivity index (χ2v) is 13.2. The largest absolute Gasteiger partial charge is 0.597 e. The number of pyridine rings is 2. The SMILES string of the molecule is CC(C)(C)[S@+]([O-])N1Cc2cc(C(=O)NCc3ccccc3F)nc(-c3cccc(-c4cccnc4)c3)c2[C@@H]1CCO. The van der Waals surface area contributed by atoms with Gasteiger partial charge in [0.05, 0.1) is 18.3 Å². The van der Waals surface area contributed by atoms with Gasteiger partial charge >= 0.3 is 0 Å². The van der Waals surface area contributed by atoms with Gasteiger partial charge in [-0.2, -0.15) is 0 Å². The number of carbonyl (C=O) groups excluding carboxylic acids is 1. The van der Waals surface area contributed by atoms with Crippen LogP contribution in [-0.4, -0.2) is 41.2 Å². The van der Waals surface area contributed by atoms with Crippen LogP contribution < -0.4 is 5.32 Å². The number of nitrogens with zero attached hydrogens (tertiary/aromatic N) is 3. The molecule has 9 heteroatoms. The van der Waals surface area contributed by atoms with E-state index in [1.165, 1.54) is 6.07 Å². The third-order valence-electron chi connectivity index (χ3n) is 7.05. The molecule has 0 aliphatic carbocycles. The number of rotatable bonds is 8. The third kappa shape index (κ3) is 6.18. The molecule has 0 saturated heterocycles. The summed E-state index contributed by atoms with van der Waals surface area (Å²) in [5.41, 5.74) is 5.50. The minimum atomic E-state index is -1.37. The second-order valence-electron chi connectivity index (χ2n) is 11.0. The van der Waals surface area contributed by atoms with Gasteiger partial charge in [0.1, 0.15) is 16.3 Å². The molecule has 0 fully saturated rings. The van der Waals surface area contributed by atoms with Crippen LogP contribution in [0.1, 0.15) is 60.4 Å². The van der Waals surface area contributed by atoms with Gasteiger partial charge in [0.15, 0.2) is 0 Å². The quantitative estimate of drug-likeness (QED) is 0.267. The average molecular weight is 573 g/mol. The van der Waals surface area contributed by atoms with Crippen molar-refractivity contribution in [3.63, 3.8) is 0 Å². The standard InChI is InChI=1S/C32H33FN4O3S/c1-32(2,3)41(40)37-20-25-17-27(31(39)35-19-24-8-4-5-12-26(24)33)36-30(29(25)28(37)13-15-38)22-10-6-9-21(16-22)23-11-7-14-34-18-23/h4-12,14,16-18,28,38H,13,15,19-20H2,1-3H3,(H,35,39)/t28-,41-/m0/s1. The van der Waals surface area contributed by atoms with Gasteiger partial charge in [-0.1, -0.05) is 42.5 Å². The van der Waals surface area contributed by atoms with E-state index in [0.717, 1.165) is 27.8 Å². The Bertz CT molecular complexity index is 1540. The Morgan fingerprint density at radius 1 is 1.10 bits per heavy atom. The molecule has 41 heavy (non-hydrogen) atoms. The Morgan fingerprint density at radius 3 is 2.56 bits per heavy atom. The molecule has 5 rings (SSSR count). The van der Waals surface area contributed by atoms with Crippen LogP contribution in [0.25, 0.3) is 22.4 Å². The maximum absolute atomic E-state index is 14.2. The summed E-state index contributed by atoms with van der Waals surface area (Å²) in [6.07, 6.45) is 3.87. The normalized spacial score (nSPS) is 15.9. The van der Waals surface area contributed by atoms with Crippen molar-refractivity contribution < 1.29 is 18.8 Å². The maximum Gasteiger partial charge on any atom is 0.270 e. The van der Waals surface area contributed by atoms with Gasteiger partial charge in [-0.25, -0.2) is 9.37 Å². The molecule has 0 spiro atoms. The number of halogens is 1. The van der Waals surface area contributed by atoms with Crippen LogP contribution in [-0.2, 0) is 24.5 Å². The zero-order valence-electron chi connectivity index (χ0n) is 23.3. The summed E-state index contributed by atoms with van der Waals surface area (Å²) in [6.45, 7) is 6.02. The minimum absolute atomic E-state index is 0.0173. The number of nitrogens with one attached hydrogen (secondary N) is 1. The van der Waals surface area contributed by atoms with Crippen molar-refractivity contribution in [1.82, 2.24) is 19.6 Å². The lowest BCUT2D eigenvalue weighted by Gasteiger charge is -2.33. The van der Waals surface area contributed by atoms with Gasteiger partial charge in [-0.15, -0.1) is 4.31 Å². The van der Waals surface area contributed by atoms with Gasteiger partial charge in [0, 0.05) is 59.2 Å². The van der Waals surface area contributed by atoms with E-state index in [0.29, 0.717) is 24.2 Å². The Balaban J connectivity index is 1.60. The smallest absolute Gasteiger partial charge is 0.270 e. The molecule has 7 nitrogen and oxygen atoms in total. The fourth-order valence-corrected chi connectivity index (χ4v) is 6.49. The van der Waals surface area contributed by atoms with Gasteiger partial charge in [-0.05, 0) is 62.6 Å². The molecule has 1 aliphatic heterocycles. The monoisotopic (exact) mass is 572 g/mol. The van der Waals surface area contributed by atoms with Crippen LogP contribution in [0.4, 0.5) is 4.39 Å².